The lowest BCUT2D eigenvalue weighted by Crippen LogP contribution is -2.43. The van der Waals surface area contributed by atoms with Gasteiger partial charge in [0.05, 0.1) is 17.0 Å². The van der Waals surface area contributed by atoms with E-state index in [4.69, 9.17) is 0 Å². The minimum Gasteiger partial charge on any atom is -0.391 e. The highest BCUT2D eigenvalue weighted by atomic mass is 32.2. The molecule has 2 N–H and O–H groups in total. The number of hydrogen-bond donors (Lipinski definition) is 2. The Kier molecular flexibility index (Phi) is 3.91. The minimum absolute atomic E-state index is 0.0891. The van der Waals surface area contributed by atoms with Crippen LogP contribution < -0.4 is 5.32 Å². The van der Waals surface area contributed by atoms with E-state index in [1.807, 2.05) is 0 Å². The molecule has 3 fully saturated rings. The summed E-state index contributed by atoms with van der Waals surface area (Å²) >= 11 is 1.29. The van der Waals surface area contributed by atoms with Crippen LogP contribution in [0.1, 0.15) is 23.2 Å². The van der Waals surface area contributed by atoms with Crippen LogP contribution in [0.2, 0.25) is 0 Å². The van der Waals surface area contributed by atoms with Crippen molar-refractivity contribution >= 4 is 32.4 Å². The van der Waals surface area contributed by atoms with Crippen LogP contribution in [0.5, 0.6) is 0 Å². The van der Waals surface area contributed by atoms with Crippen molar-refractivity contribution in [2.24, 2.45) is 17.8 Å². The van der Waals surface area contributed by atoms with Gasteiger partial charge in [-0.15, -0.1) is 11.3 Å². The molecule has 27 heavy (non-hydrogen) atoms. The molecule has 2 aromatic rings. The first-order valence-corrected chi connectivity index (χ1v) is 11.3. The molecule has 2 bridgehead atoms. The fourth-order valence-electron chi connectivity index (χ4n) is 5.02. The fourth-order valence-corrected chi connectivity index (χ4v) is 7.33. The van der Waals surface area contributed by atoms with Crippen molar-refractivity contribution in [3.63, 3.8) is 0 Å². The number of sulfonamides is 1. The standard InChI is InChI=1S/C18H19N3O4S2/c22-16-11-6-12-9-21(15(16)14(12)8-11)27(24,25)13-3-1-2-10(7-13)17(23)20-18-19-4-5-26-18/h1-5,7,11-12,14-16,22H,6,8-9H2,(H,19,20,23)/t11-,12-,14+,15-,16+/m0/s1. The maximum Gasteiger partial charge on any atom is 0.257 e. The molecule has 1 saturated heterocycles. The molecule has 2 saturated carbocycles. The molecule has 0 radical (unpaired) electrons. The average molecular weight is 406 g/mol. The number of nitrogens with one attached hydrogen (secondary N) is 1. The summed E-state index contributed by atoms with van der Waals surface area (Å²) < 4.78 is 28.0. The molecule has 3 aliphatic rings. The number of rotatable bonds is 4. The zero-order chi connectivity index (χ0) is 18.8. The van der Waals surface area contributed by atoms with E-state index in [-0.39, 0.29) is 28.3 Å². The number of fused-ring (bicyclic) bond motifs is 1. The quantitative estimate of drug-likeness (QED) is 0.808. The van der Waals surface area contributed by atoms with Crippen molar-refractivity contribution in [3.8, 4) is 0 Å². The normalized spacial score (nSPS) is 32.1. The lowest BCUT2D eigenvalue weighted by Gasteiger charge is -2.28. The Morgan fingerprint density at radius 3 is 2.89 bits per heavy atom. The average Bonchev–Trinajstić information content (AvgIpc) is 3.39. The first kappa shape index (κ1) is 17.3. The Balaban J connectivity index is 1.43. The van der Waals surface area contributed by atoms with Gasteiger partial charge >= 0.3 is 0 Å². The van der Waals surface area contributed by atoms with E-state index in [0.717, 1.165) is 12.8 Å². The van der Waals surface area contributed by atoms with Crippen LogP contribution in [0.15, 0.2) is 40.7 Å². The number of aliphatic hydroxyl groups is 1. The molecule has 2 aliphatic carbocycles. The summed E-state index contributed by atoms with van der Waals surface area (Å²) in [5.74, 6) is 0.427. The van der Waals surface area contributed by atoms with Crippen LogP contribution in [-0.2, 0) is 10.0 Å². The molecule has 1 aliphatic heterocycles. The smallest absolute Gasteiger partial charge is 0.257 e. The lowest BCUT2D eigenvalue weighted by atomic mass is 9.88. The number of carbonyl (C=O) groups excluding carboxylic acids is 1. The van der Waals surface area contributed by atoms with E-state index in [1.165, 1.54) is 27.8 Å². The van der Waals surface area contributed by atoms with Gasteiger partial charge in [0.2, 0.25) is 10.0 Å². The Bertz CT molecular complexity index is 990. The van der Waals surface area contributed by atoms with Crippen molar-refractivity contribution in [2.45, 2.75) is 29.9 Å². The summed E-state index contributed by atoms with van der Waals surface area (Å²) in [6.45, 7) is 0.459. The van der Waals surface area contributed by atoms with E-state index >= 15 is 0 Å². The zero-order valence-electron chi connectivity index (χ0n) is 14.4. The summed E-state index contributed by atoms with van der Waals surface area (Å²) in [4.78, 5) is 16.5. The van der Waals surface area contributed by atoms with E-state index in [9.17, 15) is 18.3 Å². The number of carbonyl (C=O) groups is 1. The summed E-state index contributed by atoms with van der Waals surface area (Å²) in [5.41, 5.74) is 0.262. The van der Waals surface area contributed by atoms with E-state index < -0.39 is 22.0 Å². The Hall–Kier alpha value is -1.81. The van der Waals surface area contributed by atoms with Crippen molar-refractivity contribution in [2.75, 3.05) is 11.9 Å². The predicted octanol–water partition coefficient (Wildman–Crippen LogP) is 1.79. The molecule has 1 aromatic heterocycles. The summed E-state index contributed by atoms with van der Waals surface area (Å²) in [5, 5.41) is 15.4. The molecule has 1 amide bonds. The van der Waals surface area contributed by atoms with Crippen LogP contribution in [0, 0.1) is 17.8 Å². The van der Waals surface area contributed by atoms with Crippen LogP contribution in [0.25, 0.3) is 0 Å². The van der Waals surface area contributed by atoms with Gasteiger partial charge in [0.25, 0.3) is 5.91 Å². The first-order valence-electron chi connectivity index (χ1n) is 8.96. The molecule has 7 nitrogen and oxygen atoms in total. The summed E-state index contributed by atoms with van der Waals surface area (Å²) in [7, 11) is -3.77. The predicted molar refractivity (Wildman–Crippen MR) is 99.9 cm³/mol. The van der Waals surface area contributed by atoms with Crippen LogP contribution in [0.3, 0.4) is 0 Å². The number of aliphatic hydroxyl groups excluding tert-OH is 1. The Labute approximate surface area is 161 Å². The third-order valence-electron chi connectivity index (χ3n) is 6.16. The number of thiazole rings is 1. The van der Waals surface area contributed by atoms with Crippen LogP contribution in [-0.4, -0.2) is 47.4 Å². The van der Waals surface area contributed by atoms with Gasteiger partial charge in [0.15, 0.2) is 5.13 Å². The number of nitrogens with zero attached hydrogens (tertiary/aromatic N) is 2. The monoisotopic (exact) mass is 405 g/mol. The molecular formula is C18H19N3O4S2. The number of amides is 1. The SMILES string of the molecule is O=C(Nc1nccs1)c1cccc(S(=O)(=O)N2C[C@@H]3C[C@H]4C[C@H]3[C@H]2[C@@H]4O)c1. The summed E-state index contributed by atoms with van der Waals surface area (Å²) in [6.07, 6.45) is 2.83. The number of benzene rings is 1. The van der Waals surface area contributed by atoms with Crippen LogP contribution in [0.4, 0.5) is 5.13 Å². The van der Waals surface area contributed by atoms with Gasteiger partial charge in [-0.25, -0.2) is 13.4 Å². The molecular weight excluding hydrogens is 386 g/mol. The zero-order valence-corrected chi connectivity index (χ0v) is 16.0. The molecule has 0 spiro atoms. The highest BCUT2D eigenvalue weighted by Crippen LogP contribution is 2.56. The Morgan fingerprint density at radius 1 is 1.30 bits per heavy atom. The van der Waals surface area contributed by atoms with Gasteiger partial charge < -0.3 is 5.11 Å². The molecule has 0 unspecified atom stereocenters. The van der Waals surface area contributed by atoms with Gasteiger partial charge in [-0.1, -0.05) is 6.07 Å². The lowest BCUT2D eigenvalue weighted by molar-refractivity contribution is 0.0731. The number of anilines is 1. The highest BCUT2D eigenvalue weighted by Gasteiger charge is 2.61. The third-order valence-corrected chi connectivity index (χ3v) is 8.71. The van der Waals surface area contributed by atoms with Crippen LogP contribution >= 0.6 is 11.3 Å². The molecule has 5 atom stereocenters. The highest BCUT2D eigenvalue weighted by molar-refractivity contribution is 7.89. The topological polar surface area (TPSA) is 99.6 Å². The number of hydrogen-bond acceptors (Lipinski definition) is 6. The Morgan fingerprint density at radius 2 is 2.15 bits per heavy atom. The third kappa shape index (κ3) is 2.64. The maximum absolute atomic E-state index is 13.3. The largest absolute Gasteiger partial charge is 0.391 e. The molecule has 142 valence electrons. The van der Waals surface area contributed by atoms with Gasteiger partial charge in [-0.3, -0.25) is 10.1 Å². The minimum atomic E-state index is -3.77. The van der Waals surface area contributed by atoms with Gasteiger partial charge in [-0.2, -0.15) is 4.31 Å². The van der Waals surface area contributed by atoms with Crippen molar-refractivity contribution in [1.29, 1.82) is 0 Å². The van der Waals surface area contributed by atoms with Gasteiger partial charge in [0, 0.05) is 23.7 Å². The van der Waals surface area contributed by atoms with E-state index in [1.54, 1.807) is 23.7 Å². The second kappa shape index (κ2) is 6.10. The van der Waals surface area contributed by atoms with Gasteiger partial charge in [-0.05, 0) is 48.8 Å². The van der Waals surface area contributed by atoms with Gasteiger partial charge in [0.1, 0.15) is 0 Å². The van der Waals surface area contributed by atoms with E-state index in [2.05, 4.69) is 10.3 Å². The number of aromatic nitrogens is 1. The first-order chi connectivity index (χ1) is 12.9. The molecule has 9 heteroatoms. The molecule has 1 aromatic carbocycles. The van der Waals surface area contributed by atoms with Crippen molar-refractivity contribution in [3.05, 3.63) is 41.4 Å². The maximum atomic E-state index is 13.3. The fraction of sp³-hybridized carbons (Fsp3) is 0.444. The molecule has 2 heterocycles. The second-order valence-corrected chi connectivity index (χ2v) is 10.3. The second-order valence-electron chi connectivity index (χ2n) is 7.53. The van der Waals surface area contributed by atoms with E-state index in [0.29, 0.717) is 17.6 Å². The molecule has 5 rings (SSSR count). The van der Waals surface area contributed by atoms with Crippen molar-refractivity contribution < 1.29 is 18.3 Å². The summed E-state index contributed by atoms with van der Waals surface area (Å²) in [6, 6.07) is 5.73. The van der Waals surface area contributed by atoms with Crippen molar-refractivity contribution in [1.82, 2.24) is 9.29 Å².